The summed E-state index contributed by atoms with van der Waals surface area (Å²) < 4.78 is 2.43. The maximum Gasteiger partial charge on any atom is 0.164 e. The smallest absolute Gasteiger partial charge is 0.164 e. The standard InChI is InChI=1S/C47H30N4/c1-3-14-31(15-4-1)34-19-13-20-35(30-34)46-48-45(33-17-5-2-6-18-33)49-47(50-46)41-28-29-43(38-23-10-9-22-37(38)41)51-42-25-12-11-24-39(42)40-27-26-32-16-7-8-21-36(32)44(40)51/h1-30H. The highest BCUT2D eigenvalue weighted by Gasteiger charge is 2.20. The van der Waals surface area contributed by atoms with E-state index < -0.39 is 0 Å². The van der Waals surface area contributed by atoms with Gasteiger partial charge in [0.25, 0.3) is 0 Å². The van der Waals surface area contributed by atoms with Crippen molar-refractivity contribution in [3.63, 3.8) is 0 Å². The fourth-order valence-electron chi connectivity index (χ4n) is 7.46. The van der Waals surface area contributed by atoms with Gasteiger partial charge >= 0.3 is 0 Å². The number of nitrogens with zero attached hydrogens (tertiary/aromatic N) is 4. The van der Waals surface area contributed by atoms with Crippen LogP contribution in [0.5, 0.6) is 0 Å². The van der Waals surface area contributed by atoms with Crippen molar-refractivity contribution in [1.29, 1.82) is 0 Å². The molecule has 0 saturated carbocycles. The summed E-state index contributed by atoms with van der Waals surface area (Å²) in [6.07, 6.45) is 0. The zero-order chi connectivity index (χ0) is 33.7. The van der Waals surface area contributed by atoms with E-state index in [4.69, 9.17) is 15.0 Å². The molecule has 0 fully saturated rings. The third kappa shape index (κ3) is 4.88. The number of para-hydroxylation sites is 1. The van der Waals surface area contributed by atoms with E-state index >= 15 is 0 Å². The van der Waals surface area contributed by atoms with Gasteiger partial charge in [0.15, 0.2) is 17.5 Å². The molecule has 8 aromatic carbocycles. The molecule has 2 aromatic heterocycles. The van der Waals surface area contributed by atoms with Crippen molar-refractivity contribution in [2.45, 2.75) is 0 Å². The van der Waals surface area contributed by atoms with Crippen LogP contribution in [-0.2, 0) is 0 Å². The van der Waals surface area contributed by atoms with Crippen LogP contribution in [-0.4, -0.2) is 19.5 Å². The minimum atomic E-state index is 0.638. The van der Waals surface area contributed by atoms with Crippen LogP contribution >= 0.6 is 0 Å². The second-order valence-corrected chi connectivity index (χ2v) is 12.8. The molecule has 0 aliphatic heterocycles. The van der Waals surface area contributed by atoms with Crippen molar-refractivity contribution in [3.05, 3.63) is 182 Å². The Hall–Kier alpha value is -6.91. The van der Waals surface area contributed by atoms with Crippen LogP contribution in [0.25, 0.3) is 94.3 Å². The number of rotatable bonds is 5. The maximum absolute atomic E-state index is 5.19. The van der Waals surface area contributed by atoms with E-state index in [0.717, 1.165) is 44.3 Å². The Morgan fingerprint density at radius 1 is 0.333 bits per heavy atom. The fraction of sp³-hybridized carbons (Fsp3) is 0. The highest BCUT2D eigenvalue weighted by Crippen LogP contribution is 2.40. The summed E-state index contributed by atoms with van der Waals surface area (Å²) in [4.78, 5) is 15.4. The number of benzene rings is 8. The van der Waals surface area contributed by atoms with Crippen molar-refractivity contribution >= 4 is 43.4 Å². The molecule has 0 aliphatic carbocycles. The lowest BCUT2D eigenvalue weighted by atomic mass is 10.0. The van der Waals surface area contributed by atoms with Gasteiger partial charge in [0, 0.05) is 38.2 Å². The van der Waals surface area contributed by atoms with Gasteiger partial charge in [0.1, 0.15) is 0 Å². The Balaban J connectivity index is 1.22. The van der Waals surface area contributed by atoms with E-state index in [0.29, 0.717) is 17.5 Å². The van der Waals surface area contributed by atoms with Crippen LogP contribution in [0.3, 0.4) is 0 Å². The maximum atomic E-state index is 5.19. The summed E-state index contributed by atoms with van der Waals surface area (Å²) in [5, 5.41) is 7.13. The lowest BCUT2D eigenvalue weighted by Crippen LogP contribution is -2.02. The number of hydrogen-bond donors (Lipinski definition) is 0. The lowest BCUT2D eigenvalue weighted by molar-refractivity contribution is 1.08. The highest BCUT2D eigenvalue weighted by molar-refractivity contribution is 6.19. The summed E-state index contributed by atoms with van der Waals surface area (Å²) in [5.41, 5.74) is 8.61. The fourth-order valence-corrected chi connectivity index (χ4v) is 7.46. The van der Waals surface area contributed by atoms with Crippen LogP contribution in [0, 0.1) is 0 Å². The van der Waals surface area contributed by atoms with Crippen LogP contribution < -0.4 is 0 Å². The molecule has 4 heteroatoms. The van der Waals surface area contributed by atoms with E-state index in [1.807, 2.05) is 24.3 Å². The van der Waals surface area contributed by atoms with Gasteiger partial charge in [-0.15, -0.1) is 0 Å². The first-order valence-corrected chi connectivity index (χ1v) is 17.2. The number of fused-ring (bicyclic) bond motifs is 6. The van der Waals surface area contributed by atoms with Crippen LogP contribution in [0.4, 0.5) is 0 Å². The molecule has 0 amide bonds. The molecule has 10 rings (SSSR count). The van der Waals surface area contributed by atoms with Crippen molar-refractivity contribution in [1.82, 2.24) is 19.5 Å². The molecule has 10 aromatic rings. The molecule has 238 valence electrons. The van der Waals surface area contributed by atoms with Crippen molar-refractivity contribution in [2.75, 3.05) is 0 Å². The van der Waals surface area contributed by atoms with E-state index in [1.54, 1.807) is 0 Å². The first-order chi connectivity index (χ1) is 25.3. The molecule has 4 nitrogen and oxygen atoms in total. The lowest BCUT2D eigenvalue weighted by Gasteiger charge is -2.16. The molecular formula is C47H30N4. The Labute approximate surface area is 295 Å². The molecule has 0 aliphatic rings. The summed E-state index contributed by atoms with van der Waals surface area (Å²) in [5.74, 6) is 1.92. The van der Waals surface area contributed by atoms with Crippen LogP contribution in [0.1, 0.15) is 0 Å². The van der Waals surface area contributed by atoms with Gasteiger partial charge in [-0.05, 0) is 46.2 Å². The molecule has 0 atom stereocenters. The largest absolute Gasteiger partial charge is 0.308 e. The second-order valence-electron chi connectivity index (χ2n) is 12.8. The van der Waals surface area contributed by atoms with Gasteiger partial charge in [0.05, 0.1) is 16.7 Å². The summed E-state index contributed by atoms with van der Waals surface area (Å²) >= 11 is 0. The molecule has 0 radical (unpaired) electrons. The van der Waals surface area contributed by atoms with Gasteiger partial charge in [-0.2, -0.15) is 0 Å². The molecule has 0 saturated heterocycles. The molecule has 51 heavy (non-hydrogen) atoms. The molecule has 0 unspecified atom stereocenters. The average molecular weight is 651 g/mol. The number of aromatic nitrogens is 4. The first kappa shape index (κ1) is 29.0. The zero-order valence-corrected chi connectivity index (χ0v) is 27.6. The normalized spacial score (nSPS) is 11.5. The van der Waals surface area contributed by atoms with Crippen molar-refractivity contribution in [3.8, 4) is 51.0 Å². The van der Waals surface area contributed by atoms with Crippen LogP contribution in [0.15, 0.2) is 182 Å². The highest BCUT2D eigenvalue weighted by atomic mass is 15.0. The van der Waals surface area contributed by atoms with Crippen molar-refractivity contribution in [2.24, 2.45) is 0 Å². The molecule has 0 spiro atoms. The molecular weight excluding hydrogens is 621 g/mol. The Morgan fingerprint density at radius 3 is 1.73 bits per heavy atom. The van der Waals surface area contributed by atoms with E-state index in [2.05, 4.69) is 162 Å². The van der Waals surface area contributed by atoms with E-state index in [9.17, 15) is 0 Å². The first-order valence-electron chi connectivity index (χ1n) is 17.2. The Bertz CT molecular complexity index is 2910. The molecule has 0 bridgehead atoms. The predicted octanol–water partition coefficient (Wildman–Crippen LogP) is 11.9. The Morgan fingerprint density at radius 2 is 0.922 bits per heavy atom. The van der Waals surface area contributed by atoms with Gasteiger partial charge in [-0.25, -0.2) is 15.0 Å². The van der Waals surface area contributed by atoms with Gasteiger partial charge < -0.3 is 4.57 Å². The van der Waals surface area contributed by atoms with Gasteiger partial charge in [-0.1, -0.05) is 158 Å². The number of hydrogen-bond acceptors (Lipinski definition) is 3. The van der Waals surface area contributed by atoms with Crippen molar-refractivity contribution < 1.29 is 0 Å². The average Bonchev–Trinajstić information content (AvgIpc) is 3.55. The van der Waals surface area contributed by atoms with Gasteiger partial charge in [0.2, 0.25) is 0 Å². The quantitative estimate of drug-likeness (QED) is 0.186. The van der Waals surface area contributed by atoms with E-state index in [1.165, 1.54) is 32.6 Å². The van der Waals surface area contributed by atoms with E-state index in [-0.39, 0.29) is 0 Å². The SMILES string of the molecule is c1ccc(-c2cccc(-c3nc(-c4ccccc4)nc(-c4ccc(-n5c6ccccc6c6ccc7ccccc7c65)c5ccccc45)n3)c2)cc1. The monoisotopic (exact) mass is 650 g/mol. The topological polar surface area (TPSA) is 43.6 Å². The summed E-state index contributed by atoms with van der Waals surface area (Å²) in [6.45, 7) is 0. The molecule has 0 N–H and O–H groups in total. The second kappa shape index (κ2) is 11.9. The Kier molecular flexibility index (Phi) is 6.78. The zero-order valence-electron chi connectivity index (χ0n) is 27.6. The minimum Gasteiger partial charge on any atom is -0.308 e. The third-order valence-corrected chi connectivity index (χ3v) is 9.84. The predicted molar refractivity (Wildman–Crippen MR) is 211 cm³/mol. The summed E-state index contributed by atoms with van der Waals surface area (Å²) in [6, 6.07) is 63.9. The summed E-state index contributed by atoms with van der Waals surface area (Å²) in [7, 11) is 0. The van der Waals surface area contributed by atoms with Gasteiger partial charge in [-0.3, -0.25) is 0 Å². The van der Waals surface area contributed by atoms with Crippen LogP contribution in [0.2, 0.25) is 0 Å². The molecule has 2 heterocycles. The third-order valence-electron chi connectivity index (χ3n) is 9.84. The minimum absolute atomic E-state index is 0.638.